The second kappa shape index (κ2) is 7.85. The average molecular weight is 428 g/mol. The average Bonchev–Trinajstić information content (AvgIpc) is 2.83. The second-order valence-electron chi connectivity index (χ2n) is 7.28. The fourth-order valence-corrected chi connectivity index (χ4v) is 4.03. The maximum absolute atomic E-state index is 13.5. The van der Waals surface area contributed by atoms with Crippen LogP contribution in [0, 0.1) is 0 Å². The number of halogens is 1. The standard InChI is InChI=1S/C25H18ClN3O2/c26-22-21(16-15-17-9-3-1-4-10-17)28(25(22)31)29-23(18-11-5-2-6-12-18)27-20-14-8-7-13-19(20)24(29)30/h1-16,21-22H. The van der Waals surface area contributed by atoms with Crippen molar-refractivity contribution in [2.45, 2.75) is 11.4 Å². The molecule has 1 fully saturated rings. The van der Waals surface area contributed by atoms with Crippen LogP contribution in [0.4, 0.5) is 0 Å². The Morgan fingerprint density at radius 2 is 1.48 bits per heavy atom. The summed E-state index contributed by atoms with van der Waals surface area (Å²) in [5.74, 6) is 0.0695. The Hall–Kier alpha value is -3.70. The molecule has 5 rings (SSSR count). The Labute approximate surface area is 183 Å². The maximum atomic E-state index is 13.5. The lowest BCUT2D eigenvalue weighted by atomic mass is 10.0. The molecule has 0 N–H and O–H groups in total. The van der Waals surface area contributed by atoms with Gasteiger partial charge in [-0.25, -0.2) is 9.99 Å². The first-order chi connectivity index (χ1) is 15.1. The molecule has 4 aromatic rings. The molecule has 1 amide bonds. The van der Waals surface area contributed by atoms with E-state index < -0.39 is 11.4 Å². The third-order valence-corrected chi connectivity index (χ3v) is 5.78. The third-order valence-electron chi connectivity index (χ3n) is 5.33. The number of hydrogen-bond acceptors (Lipinski definition) is 3. The zero-order valence-electron chi connectivity index (χ0n) is 16.4. The van der Waals surface area contributed by atoms with Gasteiger partial charge in [0, 0.05) is 5.56 Å². The van der Waals surface area contributed by atoms with Crippen LogP contribution in [0.1, 0.15) is 5.56 Å². The van der Waals surface area contributed by atoms with Gasteiger partial charge in [-0.15, -0.1) is 11.6 Å². The fraction of sp³-hybridized carbons (Fsp3) is 0.0800. The van der Waals surface area contributed by atoms with Crippen LogP contribution in [0.5, 0.6) is 0 Å². The number of nitrogens with zero attached hydrogens (tertiary/aromatic N) is 3. The summed E-state index contributed by atoms with van der Waals surface area (Å²) in [4.78, 5) is 31.0. The van der Waals surface area contributed by atoms with Gasteiger partial charge in [-0.05, 0) is 17.7 Å². The summed E-state index contributed by atoms with van der Waals surface area (Å²) < 4.78 is 1.36. The van der Waals surface area contributed by atoms with E-state index in [1.165, 1.54) is 9.69 Å². The van der Waals surface area contributed by atoms with E-state index in [4.69, 9.17) is 16.6 Å². The van der Waals surface area contributed by atoms with Crippen molar-refractivity contribution < 1.29 is 4.79 Å². The van der Waals surface area contributed by atoms with Crippen molar-refractivity contribution in [1.29, 1.82) is 0 Å². The van der Waals surface area contributed by atoms with Crippen LogP contribution in [0.2, 0.25) is 0 Å². The van der Waals surface area contributed by atoms with Crippen molar-refractivity contribution in [3.05, 3.63) is 107 Å². The Morgan fingerprint density at radius 3 is 2.23 bits per heavy atom. The van der Waals surface area contributed by atoms with E-state index in [1.54, 1.807) is 18.2 Å². The predicted octanol–water partition coefficient (Wildman–Crippen LogP) is 4.23. The van der Waals surface area contributed by atoms with Crippen LogP contribution in [-0.4, -0.2) is 27.0 Å². The van der Waals surface area contributed by atoms with Gasteiger partial charge in [0.2, 0.25) is 0 Å². The summed E-state index contributed by atoms with van der Waals surface area (Å²) in [7, 11) is 0. The normalized spacial score (nSPS) is 18.5. The second-order valence-corrected chi connectivity index (χ2v) is 7.75. The van der Waals surface area contributed by atoms with Gasteiger partial charge in [0.1, 0.15) is 5.38 Å². The molecule has 2 atom stereocenters. The molecule has 1 aliphatic heterocycles. The number of alkyl halides is 1. The molecule has 0 radical (unpaired) electrons. The number of fused-ring (bicyclic) bond motifs is 1. The molecule has 1 aliphatic rings. The van der Waals surface area contributed by atoms with E-state index in [9.17, 15) is 9.59 Å². The van der Waals surface area contributed by atoms with E-state index >= 15 is 0 Å². The molecule has 2 heterocycles. The molecule has 152 valence electrons. The molecule has 1 saturated heterocycles. The number of benzene rings is 3. The summed E-state index contributed by atoms with van der Waals surface area (Å²) in [6.07, 6.45) is 3.76. The molecule has 3 aromatic carbocycles. The molecule has 5 nitrogen and oxygen atoms in total. The molecule has 6 heteroatoms. The van der Waals surface area contributed by atoms with Crippen molar-refractivity contribution in [1.82, 2.24) is 9.66 Å². The lowest BCUT2D eigenvalue weighted by Crippen LogP contribution is -2.69. The van der Waals surface area contributed by atoms with E-state index in [0.29, 0.717) is 16.7 Å². The van der Waals surface area contributed by atoms with Gasteiger partial charge in [0.25, 0.3) is 11.5 Å². The highest BCUT2D eigenvalue weighted by Gasteiger charge is 2.47. The quantitative estimate of drug-likeness (QED) is 0.362. The Kier molecular flexibility index (Phi) is 4.88. The highest BCUT2D eigenvalue weighted by molar-refractivity contribution is 6.36. The van der Waals surface area contributed by atoms with Gasteiger partial charge in [0.05, 0.1) is 16.9 Å². The van der Waals surface area contributed by atoms with Gasteiger partial charge in [0.15, 0.2) is 5.82 Å². The summed E-state index contributed by atoms with van der Waals surface area (Å²) in [5.41, 5.74) is 1.99. The maximum Gasteiger partial charge on any atom is 0.280 e. The SMILES string of the molecule is O=C1C(Cl)C(C=Cc2ccccc2)N1n1c(-c2ccccc2)nc2ccccc2c1=O. The van der Waals surface area contributed by atoms with Crippen LogP contribution >= 0.6 is 11.6 Å². The topological polar surface area (TPSA) is 55.2 Å². The minimum atomic E-state index is -0.748. The lowest BCUT2D eigenvalue weighted by Gasteiger charge is -2.43. The number of amides is 1. The number of carbonyl (C=O) groups is 1. The number of aromatic nitrogens is 2. The van der Waals surface area contributed by atoms with Crippen LogP contribution in [-0.2, 0) is 4.79 Å². The molecule has 0 bridgehead atoms. The van der Waals surface area contributed by atoms with Crippen LogP contribution in [0.25, 0.3) is 28.4 Å². The van der Waals surface area contributed by atoms with Crippen molar-refractivity contribution in [3.8, 4) is 11.4 Å². The summed E-state index contributed by atoms with van der Waals surface area (Å²) in [5, 5.41) is 1.10. The molecule has 2 unspecified atom stereocenters. The Balaban J connectivity index is 1.67. The third kappa shape index (κ3) is 3.33. The number of hydrogen-bond donors (Lipinski definition) is 0. The van der Waals surface area contributed by atoms with Gasteiger partial charge in [-0.2, -0.15) is 4.68 Å². The van der Waals surface area contributed by atoms with Gasteiger partial charge in [-0.3, -0.25) is 9.59 Å². The summed E-state index contributed by atoms with van der Waals surface area (Å²) in [6.45, 7) is 0. The van der Waals surface area contributed by atoms with Crippen molar-refractivity contribution in [2.24, 2.45) is 0 Å². The molecule has 0 saturated carbocycles. The van der Waals surface area contributed by atoms with Crippen molar-refractivity contribution in [2.75, 3.05) is 5.01 Å². The van der Waals surface area contributed by atoms with Gasteiger partial charge in [-0.1, -0.05) is 84.9 Å². The minimum Gasteiger partial charge on any atom is -0.271 e. The minimum absolute atomic E-state index is 0.306. The van der Waals surface area contributed by atoms with E-state index in [0.717, 1.165) is 11.1 Å². The highest BCUT2D eigenvalue weighted by Crippen LogP contribution is 2.28. The van der Waals surface area contributed by atoms with Crippen LogP contribution in [0.3, 0.4) is 0 Å². The summed E-state index contributed by atoms with van der Waals surface area (Å²) >= 11 is 6.37. The lowest BCUT2D eigenvalue weighted by molar-refractivity contribution is -0.125. The first-order valence-electron chi connectivity index (χ1n) is 9.93. The number of rotatable bonds is 4. The first kappa shape index (κ1) is 19.3. The van der Waals surface area contributed by atoms with Gasteiger partial charge >= 0.3 is 0 Å². The Bertz CT molecular complexity index is 1350. The van der Waals surface area contributed by atoms with Crippen molar-refractivity contribution in [3.63, 3.8) is 0 Å². The molecular formula is C25H18ClN3O2. The first-order valence-corrected chi connectivity index (χ1v) is 10.4. The van der Waals surface area contributed by atoms with Crippen LogP contribution < -0.4 is 10.6 Å². The smallest absolute Gasteiger partial charge is 0.271 e. The molecule has 1 aromatic heterocycles. The van der Waals surface area contributed by atoms with E-state index in [2.05, 4.69) is 0 Å². The van der Waals surface area contributed by atoms with E-state index in [-0.39, 0.29) is 11.5 Å². The Morgan fingerprint density at radius 1 is 0.839 bits per heavy atom. The number of para-hydroxylation sites is 1. The number of carbonyl (C=O) groups excluding carboxylic acids is 1. The molecular weight excluding hydrogens is 410 g/mol. The van der Waals surface area contributed by atoms with Gasteiger partial charge < -0.3 is 0 Å². The molecule has 0 aliphatic carbocycles. The predicted molar refractivity (Wildman–Crippen MR) is 124 cm³/mol. The molecule has 0 spiro atoms. The fourth-order valence-electron chi connectivity index (χ4n) is 3.74. The largest absolute Gasteiger partial charge is 0.280 e. The number of β-lactam (4-membered cyclic amide) rings is 1. The van der Waals surface area contributed by atoms with Crippen molar-refractivity contribution >= 4 is 34.5 Å². The zero-order chi connectivity index (χ0) is 21.4. The molecule has 31 heavy (non-hydrogen) atoms. The van der Waals surface area contributed by atoms with E-state index in [1.807, 2.05) is 78.9 Å². The monoisotopic (exact) mass is 427 g/mol. The summed E-state index contributed by atoms with van der Waals surface area (Å²) in [6, 6.07) is 25.8. The van der Waals surface area contributed by atoms with Crippen LogP contribution in [0.15, 0.2) is 95.8 Å². The zero-order valence-corrected chi connectivity index (χ0v) is 17.2. The highest BCUT2D eigenvalue weighted by atomic mass is 35.5.